The van der Waals surface area contributed by atoms with Crippen molar-refractivity contribution in [2.45, 2.75) is 25.7 Å². The highest BCUT2D eigenvalue weighted by molar-refractivity contribution is 7.07. The summed E-state index contributed by atoms with van der Waals surface area (Å²) in [6, 6.07) is 6.51. The number of nitrogens with zero attached hydrogens (tertiary/aromatic N) is 3. The number of thiazole rings is 1. The maximum absolute atomic E-state index is 13.1. The van der Waals surface area contributed by atoms with Gasteiger partial charge >= 0.3 is 0 Å². The fourth-order valence-corrected chi connectivity index (χ4v) is 3.19. The summed E-state index contributed by atoms with van der Waals surface area (Å²) in [7, 11) is 1.77. The standard InChI is InChI=1S/C15H16FN3S/c1-17-15-19(18-13-4-2-3-5-13)14(10-20-15)11-6-8-12(16)9-7-11/h6-10H,2-5H2,1H3. The van der Waals surface area contributed by atoms with E-state index in [0.29, 0.717) is 0 Å². The molecule has 2 aromatic rings. The lowest BCUT2D eigenvalue weighted by atomic mass is 10.2. The summed E-state index contributed by atoms with van der Waals surface area (Å²) in [5.74, 6) is -0.224. The Morgan fingerprint density at radius 1 is 1.15 bits per heavy atom. The average Bonchev–Trinajstić information content (AvgIpc) is 3.10. The van der Waals surface area contributed by atoms with E-state index in [4.69, 9.17) is 5.10 Å². The summed E-state index contributed by atoms with van der Waals surface area (Å²) in [4.78, 5) is 5.14. The van der Waals surface area contributed by atoms with E-state index in [-0.39, 0.29) is 5.82 Å². The van der Waals surface area contributed by atoms with Crippen LogP contribution in [0.25, 0.3) is 11.3 Å². The van der Waals surface area contributed by atoms with E-state index < -0.39 is 0 Å². The minimum absolute atomic E-state index is 0.224. The number of halogens is 1. The molecule has 1 aromatic heterocycles. The predicted octanol–water partition coefficient (Wildman–Crippen LogP) is 3.66. The van der Waals surface area contributed by atoms with E-state index in [9.17, 15) is 4.39 Å². The minimum atomic E-state index is -0.224. The first-order valence-electron chi connectivity index (χ1n) is 6.74. The Morgan fingerprint density at radius 3 is 2.50 bits per heavy atom. The minimum Gasteiger partial charge on any atom is -0.261 e. The molecule has 5 heteroatoms. The Hall–Kier alpha value is -1.75. The van der Waals surface area contributed by atoms with Gasteiger partial charge < -0.3 is 0 Å². The lowest BCUT2D eigenvalue weighted by molar-refractivity contribution is 0.628. The molecule has 3 rings (SSSR count). The van der Waals surface area contributed by atoms with E-state index in [2.05, 4.69) is 4.99 Å². The summed E-state index contributed by atoms with van der Waals surface area (Å²) in [5, 5.41) is 6.77. The van der Waals surface area contributed by atoms with Crippen molar-refractivity contribution in [3.8, 4) is 11.3 Å². The topological polar surface area (TPSA) is 29.6 Å². The van der Waals surface area contributed by atoms with Crippen LogP contribution in [0.4, 0.5) is 4.39 Å². The lowest BCUT2D eigenvalue weighted by Crippen LogP contribution is -2.13. The number of aromatic nitrogens is 1. The van der Waals surface area contributed by atoms with Crippen molar-refractivity contribution in [2.75, 3.05) is 7.05 Å². The molecule has 0 unspecified atom stereocenters. The molecule has 1 saturated carbocycles. The highest BCUT2D eigenvalue weighted by atomic mass is 32.1. The molecule has 0 radical (unpaired) electrons. The zero-order valence-corrected chi connectivity index (χ0v) is 12.2. The van der Waals surface area contributed by atoms with Crippen molar-refractivity contribution in [3.05, 3.63) is 40.3 Å². The second kappa shape index (κ2) is 5.71. The van der Waals surface area contributed by atoms with E-state index in [1.807, 2.05) is 10.1 Å². The van der Waals surface area contributed by atoms with Gasteiger partial charge in [0.25, 0.3) is 0 Å². The molecule has 104 valence electrons. The first-order chi connectivity index (χ1) is 9.78. The average molecular weight is 289 g/mol. The molecule has 0 spiro atoms. The van der Waals surface area contributed by atoms with Crippen LogP contribution < -0.4 is 4.80 Å². The zero-order valence-electron chi connectivity index (χ0n) is 11.3. The summed E-state index contributed by atoms with van der Waals surface area (Å²) < 4.78 is 14.9. The van der Waals surface area contributed by atoms with Crippen molar-refractivity contribution in [3.63, 3.8) is 0 Å². The van der Waals surface area contributed by atoms with Gasteiger partial charge in [0, 0.05) is 23.7 Å². The SMILES string of the molecule is CN=c1scc(-c2ccc(F)cc2)n1N=C1CCCC1. The Balaban J connectivity index is 2.10. The maximum Gasteiger partial charge on any atom is 0.205 e. The highest BCUT2D eigenvalue weighted by Crippen LogP contribution is 2.22. The van der Waals surface area contributed by atoms with Crippen LogP contribution in [-0.4, -0.2) is 17.4 Å². The van der Waals surface area contributed by atoms with Crippen molar-refractivity contribution in [2.24, 2.45) is 10.1 Å². The fourth-order valence-electron chi connectivity index (χ4n) is 2.39. The molecule has 0 saturated heterocycles. The van der Waals surface area contributed by atoms with Gasteiger partial charge in [-0.1, -0.05) is 0 Å². The van der Waals surface area contributed by atoms with Gasteiger partial charge in [0.2, 0.25) is 4.80 Å². The molecule has 1 aromatic carbocycles. The maximum atomic E-state index is 13.1. The Labute approximate surface area is 121 Å². The molecule has 1 aliphatic carbocycles. The van der Waals surface area contributed by atoms with Crippen molar-refractivity contribution in [1.29, 1.82) is 0 Å². The molecular weight excluding hydrogens is 273 g/mol. The second-order valence-corrected chi connectivity index (χ2v) is 5.66. The monoisotopic (exact) mass is 289 g/mol. The summed E-state index contributed by atoms with van der Waals surface area (Å²) >= 11 is 1.55. The molecule has 0 amide bonds. The third-order valence-electron chi connectivity index (χ3n) is 3.44. The normalized spacial score (nSPS) is 15.9. The van der Waals surface area contributed by atoms with Crippen LogP contribution >= 0.6 is 11.3 Å². The highest BCUT2D eigenvalue weighted by Gasteiger charge is 2.12. The summed E-state index contributed by atoms with van der Waals surface area (Å²) in [5.41, 5.74) is 3.15. The van der Waals surface area contributed by atoms with Gasteiger partial charge in [-0.25, -0.2) is 9.07 Å². The van der Waals surface area contributed by atoms with Crippen LogP contribution in [0.1, 0.15) is 25.7 Å². The van der Waals surface area contributed by atoms with E-state index in [1.54, 1.807) is 30.5 Å². The van der Waals surface area contributed by atoms with E-state index in [1.165, 1.54) is 30.7 Å². The van der Waals surface area contributed by atoms with Gasteiger partial charge in [-0.15, -0.1) is 11.3 Å². The smallest absolute Gasteiger partial charge is 0.205 e. The second-order valence-electron chi connectivity index (χ2n) is 4.82. The van der Waals surface area contributed by atoms with Crippen molar-refractivity contribution >= 4 is 17.0 Å². The summed E-state index contributed by atoms with van der Waals surface area (Å²) in [6.45, 7) is 0. The molecule has 1 fully saturated rings. The Morgan fingerprint density at radius 2 is 1.85 bits per heavy atom. The largest absolute Gasteiger partial charge is 0.261 e. The number of hydrogen-bond acceptors (Lipinski definition) is 3. The zero-order chi connectivity index (χ0) is 13.9. The molecule has 0 aliphatic heterocycles. The van der Waals surface area contributed by atoms with Crippen LogP contribution in [-0.2, 0) is 0 Å². The van der Waals surface area contributed by atoms with Crippen LogP contribution in [0.15, 0.2) is 39.7 Å². The third kappa shape index (κ3) is 2.58. The van der Waals surface area contributed by atoms with E-state index >= 15 is 0 Å². The molecule has 0 atom stereocenters. The van der Waals surface area contributed by atoms with Crippen LogP contribution in [0.3, 0.4) is 0 Å². The molecular formula is C15H16FN3S. The van der Waals surface area contributed by atoms with Gasteiger partial charge in [0.15, 0.2) is 0 Å². The quantitative estimate of drug-likeness (QED) is 0.807. The van der Waals surface area contributed by atoms with Gasteiger partial charge in [-0.2, -0.15) is 5.10 Å². The number of hydrogen-bond donors (Lipinski definition) is 0. The van der Waals surface area contributed by atoms with Crippen molar-refractivity contribution < 1.29 is 4.39 Å². The first-order valence-corrected chi connectivity index (χ1v) is 7.62. The fraction of sp³-hybridized carbons (Fsp3) is 0.333. The molecule has 20 heavy (non-hydrogen) atoms. The Kier molecular flexibility index (Phi) is 3.78. The van der Waals surface area contributed by atoms with Crippen LogP contribution in [0.2, 0.25) is 0 Å². The van der Waals surface area contributed by atoms with Gasteiger partial charge in [0.05, 0.1) is 5.69 Å². The third-order valence-corrected chi connectivity index (χ3v) is 4.35. The molecule has 1 heterocycles. The molecule has 3 nitrogen and oxygen atoms in total. The Bertz CT molecular complexity index is 687. The number of rotatable bonds is 2. The van der Waals surface area contributed by atoms with Crippen LogP contribution in [0, 0.1) is 5.82 Å². The summed E-state index contributed by atoms with van der Waals surface area (Å²) in [6.07, 6.45) is 4.56. The predicted molar refractivity (Wildman–Crippen MR) is 80.5 cm³/mol. The first kappa shape index (κ1) is 13.2. The lowest BCUT2D eigenvalue weighted by Gasteiger charge is -2.05. The molecule has 1 aliphatic rings. The van der Waals surface area contributed by atoms with E-state index in [0.717, 1.165) is 28.9 Å². The van der Waals surface area contributed by atoms with Crippen molar-refractivity contribution in [1.82, 2.24) is 4.68 Å². The molecule has 0 N–H and O–H groups in total. The van der Waals surface area contributed by atoms with Crippen LogP contribution in [0.5, 0.6) is 0 Å². The van der Waals surface area contributed by atoms with Gasteiger partial charge in [-0.3, -0.25) is 4.99 Å². The molecule has 0 bridgehead atoms. The van der Waals surface area contributed by atoms with Gasteiger partial charge in [0.1, 0.15) is 5.82 Å². The number of benzene rings is 1. The van der Waals surface area contributed by atoms with Gasteiger partial charge in [-0.05, 0) is 49.9 Å².